The highest BCUT2D eigenvalue weighted by molar-refractivity contribution is 9.10. The van der Waals surface area contributed by atoms with Crippen molar-refractivity contribution in [2.24, 2.45) is 0 Å². The van der Waals surface area contributed by atoms with E-state index in [-0.39, 0.29) is 5.91 Å². The van der Waals surface area contributed by atoms with Crippen LogP contribution in [-0.2, 0) is 0 Å². The second-order valence-corrected chi connectivity index (χ2v) is 6.76. The van der Waals surface area contributed by atoms with E-state index in [9.17, 15) is 4.79 Å². The summed E-state index contributed by atoms with van der Waals surface area (Å²) in [4.78, 5) is 12.3. The van der Waals surface area contributed by atoms with Crippen molar-refractivity contribution in [3.63, 3.8) is 0 Å². The summed E-state index contributed by atoms with van der Waals surface area (Å²) in [6.07, 6.45) is 0. The van der Waals surface area contributed by atoms with Gasteiger partial charge in [-0.2, -0.15) is 0 Å². The van der Waals surface area contributed by atoms with Crippen LogP contribution in [0, 0.1) is 13.8 Å². The SMILES string of the molecule is Cc1cc(C)c(NC(=O)c2cc(Cl)cc(Br)c2)c(Br)c1. The molecule has 2 aromatic rings. The highest BCUT2D eigenvalue weighted by Crippen LogP contribution is 2.29. The molecule has 0 aliphatic carbocycles. The van der Waals surface area contributed by atoms with Gasteiger partial charge in [0.1, 0.15) is 0 Å². The minimum Gasteiger partial charge on any atom is -0.321 e. The van der Waals surface area contributed by atoms with E-state index in [1.807, 2.05) is 26.0 Å². The lowest BCUT2D eigenvalue weighted by atomic mass is 10.1. The zero-order valence-corrected chi connectivity index (χ0v) is 14.9. The molecule has 0 atom stereocenters. The maximum atomic E-state index is 12.3. The van der Waals surface area contributed by atoms with Crippen LogP contribution in [0.4, 0.5) is 5.69 Å². The molecule has 104 valence electrons. The maximum absolute atomic E-state index is 12.3. The van der Waals surface area contributed by atoms with Crippen LogP contribution in [-0.4, -0.2) is 5.91 Å². The van der Waals surface area contributed by atoms with Gasteiger partial charge in [-0.15, -0.1) is 0 Å². The summed E-state index contributed by atoms with van der Waals surface area (Å²) in [6.45, 7) is 3.97. The van der Waals surface area contributed by atoms with E-state index in [1.54, 1.807) is 18.2 Å². The number of halogens is 3. The summed E-state index contributed by atoms with van der Waals surface area (Å²) in [5.41, 5.74) is 3.43. The molecule has 0 aromatic heterocycles. The highest BCUT2D eigenvalue weighted by atomic mass is 79.9. The minimum atomic E-state index is -0.194. The topological polar surface area (TPSA) is 29.1 Å². The number of aryl methyl sites for hydroxylation is 2. The molecule has 1 N–H and O–H groups in total. The highest BCUT2D eigenvalue weighted by Gasteiger charge is 2.12. The number of rotatable bonds is 2. The van der Waals surface area contributed by atoms with Gasteiger partial charge < -0.3 is 5.32 Å². The van der Waals surface area contributed by atoms with Gasteiger partial charge in [0, 0.05) is 19.5 Å². The van der Waals surface area contributed by atoms with E-state index < -0.39 is 0 Å². The molecule has 0 radical (unpaired) electrons. The smallest absolute Gasteiger partial charge is 0.255 e. The summed E-state index contributed by atoms with van der Waals surface area (Å²) in [7, 11) is 0. The van der Waals surface area contributed by atoms with E-state index in [4.69, 9.17) is 11.6 Å². The molecule has 0 saturated carbocycles. The maximum Gasteiger partial charge on any atom is 0.255 e. The zero-order chi connectivity index (χ0) is 14.9. The predicted molar refractivity (Wildman–Crippen MR) is 90.7 cm³/mol. The van der Waals surface area contributed by atoms with Crippen molar-refractivity contribution >= 4 is 55.1 Å². The van der Waals surface area contributed by atoms with Gasteiger partial charge in [-0.05, 0) is 65.2 Å². The lowest BCUT2D eigenvalue weighted by molar-refractivity contribution is 0.102. The number of anilines is 1. The Labute approximate surface area is 139 Å². The first-order valence-corrected chi connectivity index (χ1v) is 7.87. The summed E-state index contributed by atoms with van der Waals surface area (Å²) in [6, 6.07) is 9.11. The molecule has 0 heterocycles. The number of carbonyl (C=O) groups is 1. The summed E-state index contributed by atoms with van der Waals surface area (Å²) >= 11 is 12.8. The zero-order valence-electron chi connectivity index (χ0n) is 10.9. The van der Waals surface area contributed by atoms with Crippen molar-refractivity contribution in [2.75, 3.05) is 5.32 Å². The van der Waals surface area contributed by atoms with E-state index in [0.717, 1.165) is 25.8 Å². The van der Waals surface area contributed by atoms with E-state index >= 15 is 0 Å². The molecule has 0 fully saturated rings. The molecule has 0 unspecified atom stereocenters. The number of hydrogen-bond acceptors (Lipinski definition) is 1. The lowest BCUT2D eigenvalue weighted by Gasteiger charge is -2.12. The fourth-order valence-electron chi connectivity index (χ4n) is 1.94. The van der Waals surface area contributed by atoms with Gasteiger partial charge in [0.25, 0.3) is 5.91 Å². The van der Waals surface area contributed by atoms with Crippen LogP contribution in [0.25, 0.3) is 0 Å². The van der Waals surface area contributed by atoms with Crippen LogP contribution in [0.2, 0.25) is 5.02 Å². The molecule has 2 aromatic carbocycles. The third-order valence-corrected chi connectivity index (χ3v) is 4.10. The fourth-order valence-corrected chi connectivity index (χ4v) is 3.58. The average molecular weight is 418 g/mol. The molecule has 1 amide bonds. The molecule has 2 nitrogen and oxygen atoms in total. The van der Waals surface area contributed by atoms with Crippen molar-refractivity contribution in [3.05, 3.63) is 61.0 Å². The van der Waals surface area contributed by atoms with Crippen LogP contribution < -0.4 is 5.32 Å². The molecule has 0 aliphatic heterocycles. The Bertz CT molecular complexity index is 642. The quantitative estimate of drug-likeness (QED) is 0.664. The second-order valence-electron chi connectivity index (χ2n) is 4.55. The van der Waals surface area contributed by atoms with Crippen molar-refractivity contribution in [2.45, 2.75) is 13.8 Å². The van der Waals surface area contributed by atoms with Gasteiger partial charge in [0.15, 0.2) is 0 Å². The van der Waals surface area contributed by atoms with Crippen LogP contribution in [0.15, 0.2) is 39.3 Å². The Morgan fingerprint density at radius 2 is 1.80 bits per heavy atom. The Kier molecular flexibility index (Phi) is 4.89. The van der Waals surface area contributed by atoms with Crippen LogP contribution in [0.1, 0.15) is 21.5 Å². The first kappa shape index (κ1) is 15.5. The Hall–Kier alpha value is -0.840. The van der Waals surface area contributed by atoms with Gasteiger partial charge in [-0.1, -0.05) is 33.6 Å². The summed E-state index contributed by atoms with van der Waals surface area (Å²) < 4.78 is 1.64. The first-order valence-electron chi connectivity index (χ1n) is 5.91. The number of nitrogens with one attached hydrogen (secondary N) is 1. The number of benzene rings is 2. The van der Waals surface area contributed by atoms with Crippen molar-refractivity contribution < 1.29 is 4.79 Å². The van der Waals surface area contributed by atoms with Crippen LogP contribution in [0.3, 0.4) is 0 Å². The van der Waals surface area contributed by atoms with Gasteiger partial charge in [0.05, 0.1) is 5.69 Å². The monoisotopic (exact) mass is 415 g/mol. The molecule has 0 saturated heterocycles. The van der Waals surface area contributed by atoms with E-state index in [0.29, 0.717) is 10.6 Å². The number of amides is 1. The third kappa shape index (κ3) is 3.62. The molecule has 0 bridgehead atoms. The number of hydrogen-bond donors (Lipinski definition) is 1. The Balaban J connectivity index is 2.32. The van der Waals surface area contributed by atoms with Gasteiger partial charge in [0.2, 0.25) is 0 Å². The predicted octanol–water partition coefficient (Wildman–Crippen LogP) is 5.73. The largest absolute Gasteiger partial charge is 0.321 e. The van der Waals surface area contributed by atoms with Crippen molar-refractivity contribution in [3.8, 4) is 0 Å². The fraction of sp³-hybridized carbons (Fsp3) is 0.133. The lowest BCUT2D eigenvalue weighted by Crippen LogP contribution is -2.13. The van der Waals surface area contributed by atoms with Crippen LogP contribution in [0.5, 0.6) is 0 Å². The van der Waals surface area contributed by atoms with E-state index in [1.165, 1.54) is 0 Å². The average Bonchev–Trinajstić information content (AvgIpc) is 2.32. The molecule has 0 spiro atoms. The van der Waals surface area contributed by atoms with Crippen molar-refractivity contribution in [1.29, 1.82) is 0 Å². The normalized spacial score (nSPS) is 10.4. The third-order valence-electron chi connectivity index (χ3n) is 2.80. The molecular weight excluding hydrogens is 405 g/mol. The van der Waals surface area contributed by atoms with Crippen LogP contribution >= 0.6 is 43.5 Å². The van der Waals surface area contributed by atoms with Gasteiger partial charge in [-0.25, -0.2) is 0 Å². The molecule has 20 heavy (non-hydrogen) atoms. The standard InChI is InChI=1S/C15H12Br2ClNO/c1-8-3-9(2)14(13(17)4-8)19-15(20)10-5-11(16)7-12(18)6-10/h3-7H,1-2H3,(H,19,20). The van der Waals surface area contributed by atoms with E-state index in [2.05, 4.69) is 37.2 Å². The molecule has 0 aliphatic rings. The Morgan fingerprint density at radius 1 is 1.10 bits per heavy atom. The van der Waals surface area contributed by atoms with Gasteiger partial charge in [-0.3, -0.25) is 4.79 Å². The second kappa shape index (κ2) is 6.29. The minimum absolute atomic E-state index is 0.194. The molecule has 5 heteroatoms. The van der Waals surface area contributed by atoms with Gasteiger partial charge >= 0.3 is 0 Å². The summed E-state index contributed by atoms with van der Waals surface area (Å²) in [5.74, 6) is -0.194. The number of carbonyl (C=O) groups excluding carboxylic acids is 1. The Morgan fingerprint density at radius 3 is 2.40 bits per heavy atom. The molecule has 2 rings (SSSR count). The first-order chi connectivity index (χ1) is 9.36. The van der Waals surface area contributed by atoms with Crippen molar-refractivity contribution in [1.82, 2.24) is 0 Å². The summed E-state index contributed by atoms with van der Waals surface area (Å²) in [5, 5.41) is 3.43. The molecular formula is C15H12Br2ClNO.